The Hall–Kier alpha value is -13.8. The molecule has 1 saturated carbocycles. The van der Waals surface area contributed by atoms with Crippen LogP contribution in [0.25, 0.3) is 11.1 Å². The fraction of sp³-hybridized carbons (Fsp3) is 0.536. The maximum absolute atomic E-state index is 15.6. The summed E-state index contributed by atoms with van der Waals surface area (Å²) >= 11 is 0. The SMILES string of the molecule is CCc1cc(OCCCCn2cc(COCCOCCOCCOCCNC(=O)OCC3[C@H]4CCC#CCC[C@@H]34)nn2)ccc1-c1ccc(C[C@H](NC(=O)[C@H](CC(=O)O)NC(=O)[C@H](CO)NC(=O)[C@@H](NC(=O)[C@](C)(Cc2ccccc2F)NC(=O)[C@@H](NC(=O)CNC(=O)[C@H](Cc2nn[nH]n2)NC(=O)C(C)(C)C(=O)NCCc2cnc[nH]2)[C@@H](C)O)[C@@H](C)O)C(=O)N[C@@H](CCCc2cc(C)cc(C)c2)C(N)=O)cc1. The molecule has 19 N–H and O–H groups in total. The summed E-state index contributed by atoms with van der Waals surface area (Å²) in [5, 5.41) is 91.5. The predicted molar refractivity (Wildman–Crippen MR) is 509 cm³/mol. The van der Waals surface area contributed by atoms with Crippen LogP contribution >= 0.6 is 0 Å². The number of fused-ring (bicyclic) bond motifs is 1. The molecular formula is C97H132FN21O23. The summed E-state index contributed by atoms with van der Waals surface area (Å²) in [7, 11) is 0. The van der Waals surface area contributed by atoms with E-state index >= 15 is 4.39 Å². The number of imidazole rings is 1. The normalized spacial score (nSPS) is 16.1. The molecule has 2 aliphatic rings. The second-order valence-electron chi connectivity index (χ2n) is 35.8. The minimum Gasteiger partial charge on any atom is -0.494 e. The molecule has 142 heavy (non-hydrogen) atoms. The third-order valence-corrected chi connectivity index (χ3v) is 24.0. The Bertz CT molecular complexity index is 5370. The number of aromatic amines is 2. The van der Waals surface area contributed by atoms with Crippen LogP contribution in [0, 0.1) is 54.7 Å². The Morgan fingerprint density at radius 2 is 1.27 bits per heavy atom. The lowest BCUT2D eigenvalue weighted by Crippen LogP contribution is -2.67. The lowest BCUT2D eigenvalue weighted by atomic mass is 9.90. The Kier molecular flexibility index (Phi) is 44.6. The van der Waals surface area contributed by atoms with Crippen LogP contribution in [0.3, 0.4) is 0 Å². The number of aryl methyl sites for hydroxylation is 5. The maximum Gasteiger partial charge on any atom is 0.407 e. The van der Waals surface area contributed by atoms with Gasteiger partial charge in [-0.25, -0.2) is 14.2 Å². The van der Waals surface area contributed by atoms with Gasteiger partial charge in [0.05, 0.1) is 110 Å². The van der Waals surface area contributed by atoms with E-state index in [1.807, 2.05) is 63.4 Å². The number of carboxylic acid groups (broad SMARTS) is 1. The number of aliphatic carboxylic acids is 1. The molecule has 9 rings (SSSR count). The molecule has 0 spiro atoms. The number of ether oxygens (including phenoxy) is 6. The lowest BCUT2D eigenvalue weighted by Gasteiger charge is -2.34. The number of hydrogen-bond acceptors (Lipinski definition) is 28. The Labute approximate surface area is 821 Å². The number of nitrogens with two attached hydrogens (primary N) is 1. The smallest absolute Gasteiger partial charge is 0.407 e. The van der Waals surface area contributed by atoms with E-state index in [9.17, 15) is 82.8 Å². The number of aliphatic hydroxyl groups is 3. The monoisotopic (exact) mass is 1980 g/mol. The van der Waals surface area contributed by atoms with E-state index in [4.69, 9.17) is 34.2 Å². The molecule has 44 nitrogen and oxygen atoms in total. The number of hydrogen-bond donors (Lipinski definition) is 18. The van der Waals surface area contributed by atoms with E-state index < -0.39 is 181 Å². The summed E-state index contributed by atoms with van der Waals surface area (Å²) in [5.41, 5.74) is 8.88. The predicted octanol–water partition coefficient (Wildman–Crippen LogP) is 0.626. The van der Waals surface area contributed by atoms with Gasteiger partial charge in [0, 0.05) is 70.0 Å². The number of tetrazole rings is 1. The zero-order valence-electron chi connectivity index (χ0n) is 81.1. The molecule has 7 aromatic rings. The first-order valence-corrected chi connectivity index (χ1v) is 47.4. The lowest BCUT2D eigenvalue weighted by molar-refractivity contribution is -0.143. The van der Waals surface area contributed by atoms with Crippen molar-refractivity contribution in [2.45, 2.75) is 225 Å². The summed E-state index contributed by atoms with van der Waals surface area (Å²) in [6, 6.07) is 10.9. The number of H-pyrrole nitrogens is 2. The van der Waals surface area contributed by atoms with Crippen LogP contribution < -0.4 is 69.0 Å². The van der Waals surface area contributed by atoms with Gasteiger partial charge in [0.25, 0.3) is 0 Å². The third-order valence-electron chi connectivity index (χ3n) is 24.0. The summed E-state index contributed by atoms with van der Waals surface area (Å²) < 4.78 is 51.5. The number of nitrogens with one attached hydrogen (secondary N) is 13. The van der Waals surface area contributed by atoms with Crippen LogP contribution in [-0.2, 0) is 133 Å². The minimum absolute atomic E-state index is 0.0569. The molecule has 0 bridgehead atoms. The van der Waals surface area contributed by atoms with Crippen molar-refractivity contribution in [1.82, 2.24) is 104 Å². The molecule has 45 heteroatoms. The van der Waals surface area contributed by atoms with Crippen molar-refractivity contribution in [3.05, 3.63) is 160 Å². The standard InChI is InChI=1S/C97H132FN21O23/c1-9-64-47-69(141-35-17-16-34-119-53-68(113-118-119)55-140-42-41-139-40-39-138-38-37-137-36-33-102-95(136)142-56-73-71-21-12-10-11-13-22-72(71)73)29-30-70(64)65-27-25-62(26-28-65)46-76(87(128)105-75(85(99)126)24-18-19-63-44-58(2)43-59(3)45-63)106-88(129)78(49-82(124)125)107-89(130)79(54-120)108-90(131)83(60(4)121)111-94(135)97(8,50-66-20-14-15-23-74(66)98)112-91(132)84(61(5)122)110-81(123)52-103-86(127)77(48-80-114-116-117-115-80)109-93(134)96(6,7)92(133)101-32-31-67-51-100-57-104-67/h14-15,20,23,25-30,43-45,47,51,53,57,60-61,71-73,75-79,83-84,120-122H,9,12-13,16-19,21-22,24,31-42,46,48-50,52,54-56H2,1-8H3,(H2,99,126)(H,100,104)(H,101,133)(H,102,136)(H,103,127)(H,105,128)(H,106,129)(H,107,130)(H,108,131)(H,109,134)(H,110,123)(H,111,135)(H,112,132)(H,124,125)(H,114,115,116,117)/t60-,61-,71-,72+,73?,75+,76+,77+,78+,79+,83+,84+,97+/m1/s1. The van der Waals surface area contributed by atoms with Crippen LogP contribution in [0.1, 0.15) is 150 Å². The summed E-state index contributed by atoms with van der Waals surface area (Å²) in [6.07, 6.45) is 5.38. The average Bonchev–Trinajstić information content (AvgIpc) is 1.62. The van der Waals surface area contributed by atoms with Crippen molar-refractivity contribution in [1.29, 1.82) is 0 Å². The largest absolute Gasteiger partial charge is 0.494 e. The Morgan fingerprint density at radius 3 is 1.91 bits per heavy atom. The van der Waals surface area contributed by atoms with Gasteiger partial charge in [0.2, 0.25) is 65.0 Å². The van der Waals surface area contributed by atoms with Crippen molar-refractivity contribution in [2.24, 2.45) is 28.9 Å². The van der Waals surface area contributed by atoms with E-state index in [2.05, 4.69) is 111 Å². The topological polar surface area (TPSA) is 630 Å². The molecular weight excluding hydrogens is 1850 g/mol. The number of rotatable bonds is 62. The first-order chi connectivity index (χ1) is 68.0. The highest BCUT2D eigenvalue weighted by Gasteiger charge is 2.50. The Morgan fingerprint density at radius 1 is 0.627 bits per heavy atom. The molecule has 1 unspecified atom stereocenters. The molecule has 0 saturated heterocycles. The summed E-state index contributed by atoms with van der Waals surface area (Å²) in [6.45, 7) is 14.1. The molecule has 12 amide bonds. The molecule has 0 radical (unpaired) electrons. The van der Waals surface area contributed by atoms with Crippen molar-refractivity contribution < 1.29 is 116 Å². The molecule has 13 atom stereocenters. The quantitative estimate of drug-likeness (QED) is 0.0141. The number of carboxylic acids is 1. The second-order valence-corrected chi connectivity index (χ2v) is 35.8. The maximum atomic E-state index is 15.6. The number of aromatic nitrogens is 9. The summed E-state index contributed by atoms with van der Waals surface area (Å²) in [4.78, 5) is 186. The van der Waals surface area contributed by atoms with Gasteiger partial charge in [-0.1, -0.05) is 95.2 Å². The average molecular weight is 1980 g/mol. The highest BCUT2D eigenvalue weighted by Crippen LogP contribution is 2.52. The number of halogens is 1. The van der Waals surface area contributed by atoms with Crippen LogP contribution in [0.4, 0.5) is 9.18 Å². The fourth-order valence-corrected chi connectivity index (χ4v) is 16.0. The van der Waals surface area contributed by atoms with Crippen molar-refractivity contribution in [3.63, 3.8) is 0 Å². The van der Waals surface area contributed by atoms with Crippen LogP contribution in [-0.4, -0.2) is 289 Å². The second kappa shape index (κ2) is 56.6. The molecule has 3 heterocycles. The fourth-order valence-electron chi connectivity index (χ4n) is 16.0. The van der Waals surface area contributed by atoms with Crippen LogP contribution in [0.5, 0.6) is 5.75 Å². The van der Waals surface area contributed by atoms with Gasteiger partial charge in [0.15, 0.2) is 5.82 Å². The summed E-state index contributed by atoms with van der Waals surface area (Å²) in [5.74, 6) is -6.30. The zero-order valence-corrected chi connectivity index (χ0v) is 81.1. The van der Waals surface area contributed by atoms with Gasteiger partial charge in [0.1, 0.15) is 70.5 Å². The number of unbranched alkanes of at least 4 members (excludes halogenated alkanes) is 1. The van der Waals surface area contributed by atoms with Gasteiger partial charge >= 0.3 is 12.1 Å². The first-order valence-electron chi connectivity index (χ1n) is 47.4. The molecule has 770 valence electrons. The number of carbonyl (C=O) groups is 13. The highest BCUT2D eigenvalue weighted by molar-refractivity contribution is 6.06. The van der Waals surface area contributed by atoms with Crippen molar-refractivity contribution >= 4 is 77.0 Å². The van der Waals surface area contributed by atoms with Crippen LogP contribution in [0.15, 0.2) is 104 Å². The molecule has 4 aromatic carbocycles. The number of nitrogens with zero attached hydrogens (tertiary/aromatic N) is 7. The third kappa shape index (κ3) is 36.4. The van der Waals surface area contributed by atoms with Gasteiger partial charge in [-0.2, -0.15) is 5.21 Å². The van der Waals surface area contributed by atoms with E-state index in [-0.39, 0.29) is 37.4 Å². The van der Waals surface area contributed by atoms with E-state index in [1.165, 1.54) is 38.4 Å². The number of amides is 12. The minimum atomic E-state index is -2.42. The van der Waals surface area contributed by atoms with E-state index in [0.29, 0.717) is 145 Å². The van der Waals surface area contributed by atoms with Gasteiger partial charge in [-0.3, -0.25) is 62.2 Å². The first kappa shape index (κ1) is 112. The zero-order chi connectivity index (χ0) is 103. The van der Waals surface area contributed by atoms with Gasteiger partial charge in [-0.15, -0.1) is 27.1 Å². The number of carbonyl (C=O) groups excluding carboxylic acids is 12. The van der Waals surface area contributed by atoms with Crippen molar-refractivity contribution in [3.8, 4) is 28.7 Å². The van der Waals surface area contributed by atoms with Gasteiger partial charge in [-0.05, 0) is 169 Å². The number of primary amides is 1. The molecule has 1 fully saturated rings. The van der Waals surface area contributed by atoms with Crippen molar-refractivity contribution in [2.75, 3.05) is 85.7 Å². The highest BCUT2D eigenvalue weighted by atomic mass is 19.1. The van der Waals surface area contributed by atoms with E-state index in [0.717, 1.165) is 92.3 Å². The number of alkyl carbamates (subject to hydrolysis) is 1. The molecule has 2 aliphatic carbocycles. The number of benzene rings is 4. The van der Waals surface area contributed by atoms with Gasteiger partial charge < -0.3 is 118 Å². The molecule has 3 aromatic heterocycles. The van der Waals surface area contributed by atoms with E-state index in [1.54, 1.807) is 35.1 Å². The van der Waals surface area contributed by atoms with Crippen LogP contribution in [0.2, 0.25) is 0 Å². The molecule has 0 aliphatic heterocycles. The Balaban J connectivity index is 0.767. The number of aliphatic hydroxyl groups excluding tert-OH is 3.